The number of halogens is 3. The molecular weight excluding hydrogens is 238 g/mol. The van der Waals surface area contributed by atoms with Gasteiger partial charge in [0.2, 0.25) is 0 Å². The Kier molecular flexibility index (Phi) is 4.80. The summed E-state index contributed by atoms with van der Waals surface area (Å²) in [6.07, 6.45) is 2.91. The Morgan fingerprint density at radius 2 is 2.07 bits per heavy atom. The predicted octanol–water partition coefficient (Wildman–Crippen LogP) is 5.03. The van der Waals surface area contributed by atoms with Crippen molar-refractivity contribution in [1.29, 1.82) is 0 Å². The van der Waals surface area contributed by atoms with Gasteiger partial charge in [0.25, 0.3) is 0 Å². The molecule has 76 valence electrons. The normalized spacial score (nSPS) is 11.9. The summed E-state index contributed by atoms with van der Waals surface area (Å²) in [6.45, 7) is 2.06. The molecule has 0 aliphatic rings. The van der Waals surface area contributed by atoms with Crippen LogP contribution in [-0.2, 0) is 0 Å². The van der Waals surface area contributed by atoms with Crippen LogP contribution in [0.1, 0.15) is 18.9 Å². The highest BCUT2D eigenvalue weighted by Gasteiger charge is 2.00. The van der Waals surface area contributed by atoms with E-state index < -0.39 is 0 Å². The van der Waals surface area contributed by atoms with E-state index in [1.165, 1.54) is 0 Å². The quantitative estimate of drug-likeness (QED) is 0.660. The molecule has 0 radical (unpaired) electrons. The third-order valence-corrected chi connectivity index (χ3v) is 2.87. The molecule has 0 nitrogen and oxygen atoms in total. The fourth-order valence-corrected chi connectivity index (χ4v) is 1.70. The average Bonchev–Trinajstić information content (AvgIpc) is 2.19. The molecule has 0 heterocycles. The molecule has 1 aromatic rings. The summed E-state index contributed by atoms with van der Waals surface area (Å²) in [4.78, 5) is 0. The van der Waals surface area contributed by atoms with Crippen molar-refractivity contribution < 1.29 is 0 Å². The fraction of sp³-hybridized carbons (Fsp3) is 0.273. The van der Waals surface area contributed by atoms with E-state index in [1.807, 2.05) is 12.1 Å². The fourth-order valence-electron chi connectivity index (χ4n) is 1.08. The Bertz CT molecular complexity index is 336. The number of rotatable bonds is 3. The summed E-state index contributed by atoms with van der Waals surface area (Å²) < 4.78 is 0. The lowest BCUT2D eigenvalue weighted by atomic mass is 10.1. The molecule has 0 aliphatic heterocycles. The number of benzene rings is 1. The lowest BCUT2D eigenvalue weighted by Crippen LogP contribution is -1.83. The SMILES string of the molecule is CC/C(=C/c1cc(Cl)ccc1Cl)CCl. The summed E-state index contributed by atoms with van der Waals surface area (Å²) in [5.74, 6) is 0.527. The van der Waals surface area contributed by atoms with Crippen LogP contribution in [0, 0.1) is 0 Å². The second-order valence-corrected chi connectivity index (χ2v) is 4.07. The van der Waals surface area contributed by atoms with Gasteiger partial charge in [0.05, 0.1) is 0 Å². The van der Waals surface area contributed by atoms with Crippen LogP contribution >= 0.6 is 34.8 Å². The van der Waals surface area contributed by atoms with Gasteiger partial charge in [-0.2, -0.15) is 0 Å². The van der Waals surface area contributed by atoms with Crippen LogP contribution in [0.25, 0.3) is 6.08 Å². The van der Waals surface area contributed by atoms with E-state index in [2.05, 4.69) is 6.92 Å². The van der Waals surface area contributed by atoms with E-state index in [0.717, 1.165) is 17.6 Å². The standard InChI is InChI=1S/C11H11Cl3/c1-2-8(7-12)5-9-6-10(13)3-4-11(9)14/h3-6H,2,7H2,1H3/b8-5-. The molecule has 0 fully saturated rings. The first-order valence-corrected chi connectivity index (χ1v) is 5.67. The molecule has 3 heteroatoms. The van der Waals surface area contributed by atoms with Crippen molar-refractivity contribution in [2.45, 2.75) is 13.3 Å². The monoisotopic (exact) mass is 248 g/mol. The zero-order chi connectivity index (χ0) is 10.6. The molecule has 0 saturated heterocycles. The van der Waals surface area contributed by atoms with Crippen LogP contribution in [0.2, 0.25) is 10.0 Å². The van der Waals surface area contributed by atoms with Gasteiger partial charge in [0.15, 0.2) is 0 Å². The average molecular weight is 250 g/mol. The molecule has 1 rings (SSSR count). The minimum Gasteiger partial charge on any atom is -0.122 e. The van der Waals surface area contributed by atoms with Gasteiger partial charge in [-0.1, -0.05) is 41.8 Å². The lowest BCUT2D eigenvalue weighted by Gasteiger charge is -2.02. The number of hydrogen-bond donors (Lipinski definition) is 0. The van der Waals surface area contributed by atoms with Crippen molar-refractivity contribution >= 4 is 40.9 Å². The first kappa shape index (κ1) is 11.9. The van der Waals surface area contributed by atoms with Crippen LogP contribution in [0.3, 0.4) is 0 Å². The minimum absolute atomic E-state index is 0.527. The van der Waals surface area contributed by atoms with Gasteiger partial charge in [-0.15, -0.1) is 11.6 Å². The Labute approximate surface area is 99.5 Å². The molecule has 0 aromatic heterocycles. The Morgan fingerprint density at radius 1 is 1.36 bits per heavy atom. The van der Waals surface area contributed by atoms with Gasteiger partial charge >= 0.3 is 0 Å². The van der Waals surface area contributed by atoms with Crippen LogP contribution in [0.15, 0.2) is 23.8 Å². The van der Waals surface area contributed by atoms with Crippen molar-refractivity contribution in [1.82, 2.24) is 0 Å². The molecule has 0 saturated carbocycles. The molecule has 0 N–H and O–H groups in total. The highest BCUT2D eigenvalue weighted by Crippen LogP contribution is 2.23. The van der Waals surface area contributed by atoms with Crippen LogP contribution in [-0.4, -0.2) is 5.88 Å². The van der Waals surface area contributed by atoms with Gasteiger partial charge in [-0.25, -0.2) is 0 Å². The maximum absolute atomic E-state index is 6.01. The van der Waals surface area contributed by atoms with Crippen molar-refractivity contribution in [3.05, 3.63) is 39.4 Å². The van der Waals surface area contributed by atoms with Crippen LogP contribution in [0.5, 0.6) is 0 Å². The highest BCUT2D eigenvalue weighted by molar-refractivity contribution is 6.34. The molecule has 1 aromatic carbocycles. The number of hydrogen-bond acceptors (Lipinski definition) is 0. The molecule has 0 atom stereocenters. The van der Waals surface area contributed by atoms with E-state index >= 15 is 0 Å². The molecule has 0 bridgehead atoms. The smallest absolute Gasteiger partial charge is 0.0479 e. The summed E-state index contributed by atoms with van der Waals surface area (Å²) in [6, 6.07) is 5.40. The second-order valence-electron chi connectivity index (χ2n) is 2.96. The summed E-state index contributed by atoms with van der Waals surface area (Å²) in [5.41, 5.74) is 2.08. The van der Waals surface area contributed by atoms with E-state index in [0.29, 0.717) is 15.9 Å². The van der Waals surface area contributed by atoms with Gasteiger partial charge in [-0.3, -0.25) is 0 Å². The van der Waals surface area contributed by atoms with Crippen molar-refractivity contribution in [2.75, 3.05) is 5.88 Å². The predicted molar refractivity (Wildman–Crippen MR) is 65.5 cm³/mol. The molecule has 0 spiro atoms. The highest BCUT2D eigenvalue weighted by atomic mass is 35.5. The largest absolute Gasteiger partial charge is 0.122 e. The van der Waals surface area contributed by atoms with E-state index in [4.69, 9.17) is 34.8 Å². The Balaban J connectivity index is 3.06. The van der Waals surface area contributed by atoms with Crippen LogP contribution in [0.4, 0.5) is 0 Å². The maximum atomic E-state index is 6.01. The summed E-state index contributed by atoms with van der Waals surface area (Å²) >= 11 is 17.6. The number of allylic oxidation sites excluding steroid dienone is 1. The van der Waals surface area contributed by atoms with Gasteiger partial charge < -0.3 is 0 Å². The zero-order valence-electron chi connectivity index (χ0n) is 7.86. The molecule has 14 heavy (non-hydrogen) atoms. The Hall–Kier alpha value is -0.170. The zero-order valence-corrected chi connectivity index (χ0v) is 10.1. The Morgan fingerprint density at radius 3 is 2.64 bits per heavy atom. The van der Waals surface area contributed by atoms with E-state index in [1.54, 1.807) is 12.1 Å². The molecule has 0 amide bonds. The van der Waals surface area contributed by atoms with Crippen molar-refractivity contribution in [3.8, 4) is 0 Å². The first-order valence-electron chi connectivity index (χ1n) is 4.37. The third kappa shape index (κ3) is 3.20. The van der Waals surface area contributed by atoms with Crippen LogP contribution < -0.4 is 0 Å². The summed E-state index contributed by atoms with van der Waals surface area (Å²) in [5, 5.41) is 1.39. The van der Waals surface area contributed by atoms with Crippen molar-refractivity contribution in [2.24, 2.45) is 0 Å². The second kappa shape index (κ2) is 5.65. The van der Waals surface area contributed by atoms with Gasteiger partial charge in [0, 0.05) is 15.9 Å². The molecule has 0 unspecified atom stereocenters. The van der Waals surface area contributed by atoms with E-state index in [-0.39, 0.29) is 0 Å². The molecular formula is C11H11Cl3. The maximum Gasteiger partial charge on any atom is 0.0479 e. The van der Waals surface area contributed by atoms with Gasteiger partial charge in [-0.05, 0) is 30.2 Å². The van der Waals surface area contributed by atoms with E-state index in [9.17, 15) is 0 Å². The lowest BCUT2D eigenvalue weighted by molar-refractivity contribution is 1.12. The summed E-state index contributed by atoms with van der Waals surface area (Å²) in [7, 11) is 0. The number of alkyl halides is 1. The van der Waals surface area contributed by atoms with Crippen molar-refractivity contribution in [3.63, 3.8) is 0 Å². The topological polar surface area (TPSA) is 0 Å². The van der Waals surface area contributed by atoms with Gasteiger partial charge in [0.1, 0.15) is 0 Å². The third-order valence-electron chi connectivity index (χ3n) is 1.94. The minimum atomic E-state index is 0.527. The first-order chi connectivity index (χ1) is 6.67. The molecule has 0 aliphatic carbocycles.